The smallest absolute Gasteiger partial charge is 0.279 e. The van der Waals surface area contributed by atoms with Crippen LogP contribution >= 0.6 is 35.4 Å². The number of halogens is 2. The molecule has 1 heterocycles. The summed E-state index contributed by atoms with van der Waals surface area (Å²) >= 11 is 16.9. The summed E-state index contributed by atoms with van der Waals surface area (Å²) in [6.45, 7) is 1.98. The van der Waals surface area contributed by atoms with Crippen molar-refractivity contribution in [3.8, 4) is 5.75 Å². The predicted octanol–water partition coefficient (Wildman–Crippen LogP) is 3.05. The highest BCUT2D eigenvalue weighted by Crippen LogP contribution is 2.28. The van der Waals surface area contributed by atoms with Gasteiger partial charge in [0.15, 0.2) is 11.2 Å². The Morgan fingerprint density at radius 3 is 2.83 bits per heavy atom. The summed E-state index contributed by atoms with van der Waals surface area (Å²) in [5, 5.41) is 3.95. The van der Waals surface area contributed by atoms with Gasteiger partial charge in [0, 0.05) is 11.1 Å². The van der Waals surface area contributed by atoms with Crippen LogP contribution in [0.1, 0.15) is 12.7 Å². The number of benzene rings is 1. The molecule has 0 fully saturated rings. The minimum Gasteiger partial charge on any atom is -0.479 e. The number of amides is 1. The van der Waals surface area contributed by atoms with E-state index in [1.165, 1.54) is 6.07 Å². The monoisotopic (exact) mass is 387 g/mol. The number of nitrogens with one attached hydrogen (secondary N) is 3. The lowest BCUT2D eigenvalue weighted by Gasteiger charge is -2.17. The van der Waals surface area contributed by atoms with Gasteiger partial charge in [0.1, 0.15) is 11.5 Å². The van der Waals surface area contributed by atoms with E-state index in [4.69, 9.17) is 44.6 Å². The average molecular weight is 388 g/mol. The fourth-order valence-corrected chi connectivity index (χ4v) is 2.10. The highest BCUT2D eigenvalue weighted by molar-refractivity contribution is 7.80. The van der Waals surface area contributed by atoms with Crippen molar-refractivity contribution in [2.75, 3.05) is 0 Å². The molecule has 1 atom stereocenters. The summed E-state index contributed by atoms with van der Waals surface area (Å²) in [6, 6.07) is 8.34. The van der Waals surface area contributed by atoms with Crippen LogP contribution in [0.5, 0.6) is 5.75 Å². The quantitative estimate of drug-likeness (QED) is 0.540. The normalized spacial score (nSPS) is 11.5. The van der Waals surface area contributed by atoms with Gasteiger partial charge in [-0.05, 0) is 43.4 Å². The third kappa shape index (κ3) is 5.59. The molecule has 6 nitrogen and oxygen atoms in total. The molecular formula is C15H15Cl2N3O3S. The van der Waals surface area contributed by atoms with Gasteiger partial charge in [0.25, 0.3) is 5.91 Å². The second-order valence-corrected chi connectivity index (χ2v) is 5.96. The van der Waals surface area contributed by atoms with Crippen LogP contribution in [-0.4, -0.2) is 17.1 Å². The van der Waals surface area contributed by atoms with Crippen LogP contribution < -0.4 is 20.9 Å². The third-order valence-corrected chi connectivity index (χ3v) is 3.66. The van der Waals surface area contributed by atoms with Gasteiger partial charge in [-0.25, -0.2) is 0 Å². The Labute approximate surface area is 154 Å². The van der Waals surface area contributed by atoms with Crippen LogP contribution in [0.4, 0.5) is 0 Å². The van der Waals surface area contributed by atoms with Crippen molar-refractivity contribution in [2.24, 2.45) is 0 Å². The average Bonchev–Trinajstić information content (AvgIpc) is 3.07. The standard InChI is InChI=1S/C15H15Cl2N3O3S/c1-9(23-13-7-10(16)4-5-12(13)17)14(21)19-20-15(24)18-8-11-3-2-6-22-11/h2-7,9H,8H2,1H3,(H,19,21)(H2,18,20,24)/t9-/m1/s1. The maximum absolute atomic E-state index is 12.0. The van der Waals surface area contributed by atoms with E-state index in [0.717, 1.165) is 5.76 Å². The first kappa shape index (κ1) is 18.4. The van der Waals surface area contributed by atoms with Crippen LogP contribution in [0.3, 0.4) is 0 Å². The molecule has 0 saturated carbocycles. The van der Waals surface area contributed by atoms with E-state index in [2.05, 4.69) is 16.2 Å². The number of hydrogen-bond donors (Lipinski definition) is 3. The van der Waals surface area contributed by atoms with Gasteiger partial charge in [-0.1, -0.05) is 23.2 Å². The molecule has 0 aliphatic heterocycles. The lowest BCUT2D eigenvalue weighted by atomic mass is 10.3. The molecular weight excluding hydrogens is 373 g/mol. The second-order valence-electron chi connectivity index (χ2n) is 4.71. The molecule has 2 rings (SSSR count). The fraction of sp³-hybridized carbons (Fsp3) is 0.200. The fourth-order valence-electron chi connectivity index (χ4n) is 1.66. The Bertz CT molecular complexity index is 710. The molecule has 0 bridgehead atoms. The van der Waals surface area contributed by atoms with Crippen molar-refractivity contribution < 1.29 is 13.9 Å². The van der Waals surface area contributed by atoms with Crippen LogP contribution in [0, 0.1) is 0 Å². The van der Waals surface area contributed by atoms with Gasteiger partial charge in [-0.3, -0.25) is 15.6 Å². The molecule has 0 unspecified atom stereocenters. The molecule has 3 N–H and O–H groups in total. The van der Waals surface area contributed by atoms with E-state index in [-0.39, 0.29) is 5.11 Å². The molecule has 0 saturated heterocycles. The zero-order valence-electron chi connectivity index (χ0n) is 12.6. The molecule has 0 aliphatic carbocycles. The first-order valence-electron chi connectivity index (χ1n) is 6.93. The van der Waals surface area contributed by atoms with Crippen molar-refractivity contribution in [2.45, 2.75) is 19.6 Å². The predicted molar refractivity (Wildman–Crippen MR) is 96.0 cm³/mol. The minimum atomic E-state index is -0.804. The van der Waals surface area contributed by atoms with Gasteiger partial charge in [0.2, 0.25) is 0 Å². The van der Waals surface area contributed by atoms with E-state index >= 15 is 0 Å². The molecule has 2 aromatic rings. The SMILES string of the molecule is C[C@@H](Oc1cc(Cl)ccc1Cl)C(=O)NNC(=S)NCc1ccco1. The summed E-state index contributed by atoms with van der Waals surface area (Å²) in [7, 11) is 0. The molecule has 0 aliphatic rings. The van der Waals surface area contributed by atoms with Gasteiger partial charge >= 0.3 is 0 Å². The van der Waals surface area contributed by atoms with Crippen LogP contribution in [0.2, 0.25) is 10.0 Å². The Hall–Kier alpha value is -1.96. The summed E-state index contributed by atoms with van der Waals surface area (Å²) < 4.78 is 10.6. The molecule has 0 spiro atoms. The summed E-state index contributed by atoms with van der Waals surface area (Å²) in [5.74, 6) is 0.622. The molecule has 128 valence electrons. The van der Waals surface area contributed by atoms with Crippen LogP contribution in [-0.2, 0) is 11.3 Å². The van der Waals surface area contributed by atoms with Crippen molar-refractivity contribution in [3.63, 3.8) is 0 Å². The lowest BCUT2D eigenvalue weighted by molar-refractivity contribution is -0.127. The number of rotatable bonds is 5. The Morgan fingerprint density at radius 2 is 2.12 bits per heavy atom. The lowest BCUT2D eigenvalue weighted by Crippen LogP contribution is -2.50. The van der Waals surface area contributed by atoms with Crippen molar-refractivity contribution in [1.82, 2.24) is 16.2 Å². The molecule has 1 aromatic heterocycles. The molecule has 9 heteroatoms. The largest absolute Gasteiger partial charge is 0.479 e. The maximum Gasteiger partial charge on any atom is 0.279 e. The van der Waals surface area contributed by atoms with E-state index < -0.39 is 12.0 Å². The minimum absolute atomic E-state index is 0.243. The Balaban J connectivity index is 1.76. The topological polar surface area (TPSA) is 75.5 Å². The summed E-state index contributed by atoms with van der Waals surface area (Å²) in [5.41, 5.74) is 5.02. The summed E-state index contributed by atoms with van der Waals surface area (Å²) in [4.78, 5) is 12.0. The number of carbonyl (C=O) groups excluding carboxylic acids is 1. The molecule has 0 radical (unpaired) electrons. The first-order valence-corrected chi connectivity index (χ1v) is 8.10. The van der Waals surface area contributed by atoms with E-state index in [0.29, 0.717) is 22.3 Å². The number of ether oxygens (including phenoxy) is 1. The highest BCUT2D eigenvalue weighted by atomic mass is 35.5. The van der Waals surface area contributed by atoms with Gasteiger partial charge in [0.05, 0.1) is 17.8 Å². The van der Waals surface area contributed by atoms with Gasteiger partial charge < -0.3 is 14.5 Å². The second kappa shape index (κ2) is 8.77. The number of furan rings is 1. The van der Waals surface area contributed by atoms with Crippen molar-refractivity contribution in [3.05, 3.63) is 52.4 Å². The van der Waals surface area contributed by atoms with Gasteiger partial charge in [-0.15, -0.1) is 0 Å². The molecule has 1 aromatic carbocycles. The number of carbonyl (C=O) groups is 1. The zero-order valence-corrected chi connectivity index (χ0v) is 15.0. The Morgan fingerprint density at radius 1 is 1.33 bits per heavy atom. The number of thiocarbonyl (C=S) groups is 1. The van der Waals surface area contributed by atoms with E-state index in [1.54, 1.807) is 37.5 Å². The van der Waals surface area contributed by atoms with Gasteiger partial charge in [-0.2, -0.15) is 0 Å². The van der Waals surface area contributed by atoms with Crippen molar-refractivity contribution in [1.29, 1.82) is 0 Å². The first-order chi connectivity index (χ1) is 11.5. The van der Waals surface area contributed by atoms with Crippen molar-refractivity contribution >= 4 is 46.4 Å². The number of hydrogen-bond acceptors (Lipinski definition) is 4. The maximum atomic E-state index is 12.0. The van der Waals surface area contributed by atoms with E-state index in [1.807, 2.05) is 0 Å². The number of hydrazine groups is 1. The molecule has 24 heavy (non-hydrogen) atoms. The summed E-state index contributed by atoms with van der Waals surface area (Å²) in [6.07, 6.45) is 0.760. The zero-order chi connectivity index (χ0) is 17.5. The van der Waals surface area contributed by atoms with Crippen LogP contribution in [0.25, 0.3) is 0 Å². The third-order valence-electron chi connectivity index (χ3n) is 2.87. The highest BCUT2D eigenvalue weighted by Gasteiger charge is 2.16. The Kier molecular flexibility index (Phi) is 6.72. The molecule has 1 amide bonds. The van der Waals surface area contributed by atoms with E-state index in [9.17, 15) is 4.79 Å². The van der Waals surface area contributed by atoms with Crippen LogP contribution in [0.15, 0.2) is 41.0 Å².